The molecule has 0 spiro atoms. The third-order valence-corrected chi connectivity index (χ3v) is 3.95. The summed E-state index contributed by atoms with van der Waals surface area (Å²) in [7, 11) is 0. The molecule has 0 amide bonds. The van der Waals surface area contributed by atoms with E-state index in [4.69, 9.17) is 4.74 Å². The van der Waals surface area contributed by atoms with E-state index >= 15 is 0 Å². The van der Waals surface area contributed by atoms with E-state index in [9.17, 15) is 15.0 Å². The van der Waals surface area contributed by atoms with Gasteiger partial charge in [-0.05, 0) is 37.7 Å². The monoisotopic (exact) mass is 266 g/mol. The van der Waals surface area contributed by atoms with Gasteiger partial charge in [0.25, 0.3) is 0 Å². The average molecular weight is 266 g/mol. The highest BCUT2D eigenvalue weighted by molar-refractivity contribution is 5.70. The van der Waals surface area contributed by atoms with Gasteiger partial charge in [-0.3, -0.25) is 4.79 Å². The summed E-state index contributed by atoms with van der Waals surface area (Å²) in [6.45, 7) is 3.66. The number of ether oxygens (including phenoxy) is 1. The highest BCUT2D eigenvalue weighted by atomic mass is 16.5. The standard InChI is InChI=1S/C15H22O4/c1-2-3-4-5-12-6-7-15(18)9-11(13(16)10-15)8-14(17)19-12/h2,6-7,11-13,16,18H,1,3-5,8-10H2/t11-,12?,13-,15-/m1/s1. The Balaban J connectivity index is 2.06. The molecule has 106 valence electrons. The lowest BCUT2D eigenvalue weighted by atomic mass is 9.97. The molecule has 0 aromatic heterocycles. The first-order valence-corrected chi connectivity index (χ1v) is 6.92. The van der Waals surface area contributed by atoms with Gasteiger partial charge in [-0.25, -0.2) is 0 Å². The van der Waals surface area contributed by atoms with Crippen molar-refractivity contribution in [2.75, 3.05) is 0 Å². The van der Waals surface area contributed by atoms with Gasteiger partial charge in [0.2, 0.25) is 0 Å². The lowest BCUT2D eigenvalue weighted by Gasteiger charge is -2.19. The molecule has 0 radical (unpaired) electrons. The first-order valence-electron chi connectivity index (χ1n) is 6.92. The van der Waals surface area contributed by atoms with E-state index in [0.717, 1.165) is 19.3 Å². The minimum absolute atomic E-state index is 0.184. The second kappa shape index (κ2) is 5.88. The normalized spacial score (nSPS) is 38.2. The Bertz CT molecular complexity index is 376. The van der Waals surface area contributed by atoms with Crippen LogP contribution >= 0.6 is 0 Å². The van der Waals surface area contributed by atoms with E-state index in [2.05, 4.69) is 6.58 Å². The zero-order valence-electron chi connectivity index (χ0n) is 11.1. The van der Waals surface area contributed by atoms with Crippen molar-refractivity contribution in [2.24, 2.45) is 5.92 Å². The number of allylic oxidation sites excluding steroid dienone is 1. The van der Waals surface area contributed by atoms with Gasteiger partial charge in [0.05, 0.1) is 18.1 Å². The van der Waals surface area contributed by atoms with Crippen LogP contribution in [0, 0.1) is 5.92 Å². The van der Waals surface area contributed by atoms with E-state index in [1.54, 1.807) is 12.2 Å². The maximum absolute atomic E-state index is 11.8. The van der Waals surface area contributed by atoms with Gasteiger partial charge in [-0.2, -0.15) is 0 Å². The number of carbonyl (C=O) groups is 1. The zero-order chi connectivity index (χ0) is 13.9. The lowest BCUT2D eigenvalue weighted by molar-refractivity contribution is -0.149. The molecule has 0 saturated heterocycles. The van der Waals surface area contributed by atoms with Crippen LogP contribution in [-0.2, 0) is 9.53 Å². The van der Waals surface area contributed by atoms with E-state index in [1.165, 1.54) is 0 Å². The van der Waals surface area contributed by atoms with Crippen LogP contribution in [0.1, 0.15) is 38.5 Å². The highest BCUT2D eigenvalue weighted by Gasteiger charge is 2.43. The van der Waals surface area contributed by atoms with Crippen molar-refractivity contribution in [3.05, 3.63) is 24.8 Å². The largest absolute Gasteiger partial charge is 0.458 e. The van der Waals surface area contributed by atoms with Crippen molar-refractivity contribution in [2.45, 2.75) is 56.3 Å². The molecule has 2 rings (SSSR count). The Morgan fingerprint density at radius 3 is 3.05 bits per heavy atom. The molecule has 19 heavy (non-hydrogen) atoms. The quantitative estimate of drug-likeness (QED) is 0.462. The molecule has 0 aromatic carbocycles. The molecule has 4 nitrogen and oxygen atoms in total. The van der Waals surface area contributed by atoms with E-state index in [-0.39, 0.29) is 24.4 Å². The predicted molar refractivity (Wildman–Crippen MR) is 71.4 cm³/mol. The first-order chi connectivity index (χ1) is 9.02. The van der Waals surface area contributed by atoms with Crippen LogP contribution in [-0.4, -0.2) is 34.0 Å². The second-order valence-corrected chi connectivity index (χ2v) is 5.65. The zero-order valence-corrected chi connectivity index (χ0v) is 11.1. The Hall–Kier alpha value is -1.13. The van der Waals surface area contributed by atoms with Gasteiger partial charge < -0.3 is 14.9 Å². The molecule has 0 aromatic rings. The van der Waals surface area contributed by atoms with Crippen molar-refractivity contribution in [1.82, 2.24) is 0 Å². The number of rotatable bonds is 4. The fourth-order valence-electron chi connectivity index (χ4n) is 2.92. The summed E-state index contributed by atoms with van der Waals surface area (Å²) in [5.74, 6) is -0.488. The molecule has 1 aliphatic heterocycles. The van der Waals surface area contributed by atoms with Crippen LogP contribution in [0.15, 0.2) is 24.8 Å². The molecule has 4 heteroatoms. The molecule has 4 atom stereocenters. The van der Waals surface area contributed by atoms with Crippen LogP contribution in [0.25, 0.3) is 0 Å². The maximum atomic E-state index is 11.8. The second-order valence-electron chi connectivity index (χ2n) is 5.65. The maximum Gasteiger partial charge on any atom is 0.306 e. The van der Waals surface area contributed by atoms with Crippen molar-refractivity contribution < 1.29 is 19.7 Å². The lowest BCUT2D eigenvalue weighted by Crippen LogP contribution is -2.24. The van der Waals surface area contributed by atoms with E-state index in [1.807, 2.05) is 6.08 Å². The van der Waals surface area contributed by atoms with Gasteiger partial charge in [0.1, 0.15) is 6.10 Å². The third-order valence-electron chi connectivity index (χ3n) is 3.95. The van der Waals surface area contributed by atoms with Gasteiger partial charge in [-0.15, -0.1) is 6.58 Å². The summed E-state index contributed by atoms with van der Waals surface area (Å²) in [6.07, 6.45) is 7.83. The summed E-state index contributed by atoms with van der Waals surface area (Å²) in [5.41, 5.74) is -0.991. The van der Waals surface area contributed by atoms with Crippen molar-refractivity contribution in [1.29, 1.82) is 0 Å². The molecular weight excluding hydrogens is 244 g/mol. The third kappa shape index (κ3) is 3.67. The first kappa shape index (κ1) is 14.3. The molecule has 2 N–H and O–H groups in total. The van der Waals surface area contributed by atoms with Crippen molar-refractivity contribution in [3.8, 4) is 0 Å². The summed E-state index contributed by atoms with van der Waals surface area (Å²) in [4.78, 5) is 11.8. The number of hydrogen-bond acceptors (Lipinski definition) is 4. The van der Waals surface area contributed by atoms with Crippen LogP contribution in [0.5, 0.6) is 0 Å². The smallest absolute Gasteiger partial charge is 0.306 e. The molecule has 1 saturated carbocycles. The fourth-order valence-corrected chi connectivity index (χ4v) is 2.92. The topological polar surface area (TPSA) is 66.8 Å². The summed E-state index contributed by atoms with van der Waals surface area (Å²) >= 11 is 0. The highest BCUT2D eigenvalue weighted by Crippen LogP contribution is 2.39. The van der Waals surface area contributed by atoms with Gasteiger partial charge >= 0.3 is 5.97 Å². The minimum Gasteiger partial charge on any atom is -0.458 e. The van der Waals surface area contributed by atoms with E-state index in [0.29, 0.717) is 12.8 Å². The Morgan fingerprint density at radius 1 is 1.53 bits per heavy atom. The van der Waals surface area contributed by atoms with Crippen molar-refractivity contribution in [3.63, 3.8) is 0 Å². The van der Waals surface area contributed by atoms with E-state index < -0.39 is 11.7 Å². The van der Waals surface area contributed by atoms with Crippen LogP contribution in [0.3, 0.4) is 0 Å². The minimum atomic E-state index is -0.991. The molecule has 2 bridgehead atoms. The van der Waals surface area contributed by atoms with Gasteiger partial charge in [0.15, 0.2) is 0 Å². The molecule has 1 heterocycles. The SMILES string of the molecule is C=CCCCC1C=C[C@@]2(O)C[C@@H](CC(=O)O1)[C@H](O)C2. The number of aliphatic hydroxyl groups is 2. The predicted octanol–water partition coefficient (Wildman–Crippen LogP) is 1.72. The number of esters is 1. The number of hydrogen-bond donors (Lipinski definition) is 2. The van der Waals surface area contributed by atoms with Crippen LogP contribution in [0.4, 0.5) is 0 Å². The fraction of sp³-hybridized carbons (Fsp3) is 0.667. The van der Waals surface area contributed by atoms with Crippen molar-refractivity contribution >= 4 is 5.97 Å². The molecular formula is C15H22O4. The molecule has 1 unspecified atom stereocenters. The number of aliphatic hydroxyl groups excluding tert-OH is 1. The van der Waals surface area contributed by atoms with Crippen LogP contribution in [0.2, 0.25) is 0 Å². The number of fused-ring (bicyclic) bond motifs is 2. The molecule has 2 aliphatic rings. The Labute approximate surface area is 113 Å². The number of unbranched alkanes of at least 4 members (excludes halogenated alkanes) is 1. The number of cyclic esters (lactones) is 1. The van der Waals surface area contributed by atoms with Gasteiger partial charge in [-0.1, -0.05) is 12.2 Å². The molecule has 1 fully saturated rings. The number of carbonyl (C=O) groups excluding carboxylic acids is 1. The summed E-state index contributed by atoms with van der Waals surface area (Å²) < 4.78 is 5.38. The summed E-state index contributed by atoms with van der Waals surface area (Å²) in [6, 6.07) is 0. The van der Waals surface area contributed by atoms with Crippen LogP contribution < -0.4 is 0 Å². The van der Waals surface area contributed by atoms with Gasteiger partial charge in [0, 0.05) is 6.42 Å². The Kier molecular flexibility index (Phi) is 4.42. The Morgan fingerprint density at radius 2 is 2.32 bits per heavy atom. The average Bonchev–Trinajstić information content (AvgIpc) is 2.64. The summed E-state index contributed by atoms with van der Waals surface area (Å²) in [5, 5.41) is 20.2. The molecule has 1 aliphatic carbocycles.